The maximum atomic E-state index is 12.7. The summed E-state index contributed by atoms with van der Waals surface area (Å²) in [7, 11) is 0. The summed E-state index contributed by atoms with van der Waals surface area (Å²) in [5.41, 5.74) is 2.09. The number of carbonyl (C=O) groups is 1. The zero-order valence-electron chi connectivity index (χ0n) is 18.3. The minimum atomic E-state index is -0.419. The van der Waals surface area contributed by atoms with Gasteiger partial charge in [-0.25, -0.2) is 0 Å². The number of nitrogens with one attached hydrogen (secondary N) is 3. The fraction of sp³-hybridized carbons (Fsp3) is 0.400. The highest BCUT2D eigenvalue weighted by Crippen LogP contribution is 2.34. The Morgan fingerprint density at radius 3 is 2.94 bits per heavy atom. The summed E-state index contributed by atoms with van der Waals surface area (Å²) < 4.78 is 17.5. The minimum Gasteiger partial charge on any atom is -0.491 e. The van der Waals surface area contributed by atoms with Gasteiger partial charge in [0.05, 0.1) is 5.69 Å². The molecule has 5 rings (SSSR count). The molecule has 1 unspecified atom stereocenters. The summed E-state index contributed by atoms with van der Waals surface area (Å²) in [4.78, 5) is 15.9. The number of ether oxygens (including phenoxy) is 3. The summed E-state index contributed by atoms with van der Waals surface area (Å²) in [6.45, 7) is 5.20. The molecular formula is C25H29N3O4. The zero-order valence-corrected chi connectivity index (χ0v) is 18.3. The van der Waals surface area contributed by atoms with Gasteiger partial charge in [-0.2, -0.15) is 0 Å². The molecule has 0 saturated carbocycles. The van der Waals surface area contributed by atoms with Gasteiger partial charge < -0.3 is 29.8 Å². The number of hydrogen-bond donors (Lipinski definition) is 3. The Balaban J connectivity index is 1.22. The van der Waals surface area contributed by atoms with Gasteiger partial charge in [0.15, 0.2) is 0 Å². The smallest absolute Gasteiger partial charge is 0.251 e. The van der Waals surface area contributed by atoms with Gasteiger partial charge in [-0.05, 0) is 68.1 Å². The number of carbonyl (C=O) groups excluding carboxylic acids is 1. The Morgan fingerprint density at radius 2 is 2.06 bits per heavy atom. The summed E-state index contributed by atoms with van der Waals surface area (Å²) >= 11 is 0. The van der Waals surface area contributed by atoms with E-state index in [0.717, 1.165) is 54.1 Å². The lowest BCUT2D eigenvalue weighted by molar-refractivity contribution is 0.0642. The van der Waals surface area contributed by atoms with Gasteiger partial charge in [-0.1, -0.05) is 0 Å². The maximum Gasteiger partial charge on any atom is 0.251 e. The molecule has 2 aliphatic heterocycles. The summed E-state index contributed by atoms with van der Waals surface area (Å²) in [6, 6.07) is 13.5. The van der Waals surface area contributed by atoms with Crippen molar-refractivity contribution in [3.63, 3.8) is 0 Å². The van der Waals surface area contributed by atoms with E-state index in [4.69, 9.17) is 14.2 Å². The number of hydrogen-bond acceptors (Lipinski definition) is 5. The van der Waals surface area contributed by atoms with Crippen LogP contribution in [0.1, 0.15) is 30.1 Å². The first-order valence-electron chi connectivity index (χ1n) is 11.2. The fourth-order valence-electron chi connectivity index (χ4n) is 4.22. The van der Waals surface area contributed by atoms with Crippen LogP contribution in [0.2, 0.25) is 0 Å². The first-order valence-corrected chi connectivity index (χ1v) is 11.2. The van der Waals surface area contributed by atoms with E-state index in [9.17, 15) is 4.79 Å². The van der Waals surface area contributed by atoms with E-state index >= 15 is 0 Å². The number of amides is 1. The molecule has 2 aromatic carbocycles. The maximum absolute atomic E-state index is 12.7. The number of H-pyrrole nitrogens is 1. The standard InChI is InChI=1S/C25H29N3O4/c1-25(15-31-20-3-4-21-18(12-20)6-9-26-21)16-32-23-5-2-19(13-22(23)28-25)24(29)27-14-17-7-10-30-11-8-17/h2-6,9,12-13,17,26,28H,7-8,10-11,14-16H2,1H3,(H,27,29). The number of benzene rings is 2. The third-order valence-electron chi connectivity index (χ3n) is 6.20. The third-order valence-corrected chi connectivity index (χ3v) is 6.20. The van der Waals surface area contributed by atoms with Gasteiger partial charge in [0.2, 0.25) is 0 Å². The predicted octanol–water partition coefficient (Wildman–Crippen LogP) is 3.97. The number of aromatic nitrogens is 1. The average Bonchev–Trinajstić information content (AvgIpc) is 3.29. The molecule has 3 aromatic rings. The molecule has 2 aliphatic rings. The van der Waals surface area contributed by atoms with E-state index in [0.29, 0.717) is 31.2 Å². The van der Waals surface area contributed by atoms with Crippen molar-refractivity contribution in [1.29, 1.82) is 0 Å². The number of fused-ring (bicyclic) bond motifs is 2. The van der Waals surface area contributed by atoms with Crippen LogP contribution in [-0.4, -0.2) is 49.4 Å². The van der Waals surface area contributed by atoms with E-state index in [1.807, 2.05) is 48.7 Å². The molecule has 0 aliphatic carbocycles. The highest BCUT2D eigenvalue weighted by atomic mass is 16.5. The number of rotatable bonds is 6. The SMILES string of the molecule is CC1(COc2ccc3[nH]ccc3c2)COc2ccc(C(=O)NCC3CCOCC3)cc2N1. The van der Waals surface area contributed by atoms with E-state index in [1.165, 1.54) is 0 Å². The lowest BCUT2D eigenvalue weighted by atomic mass is 10.00. The van der Waals surface area contributed by atoms with Crippen LogP contribution in [-0.2, 0) is 4.74 Å². The van der Waals surface area contributed by atoms with Crippen LogP contribution >= 0.6 is 0 Å². The Kier molecular flexibility index (Phi) is 5.66. The molecule has 1 saturated heterocycles. The molecular weight excluding hydrogens is 406 g/mol. The molecule has 3 heterocycles. The second-order valence-corrected chi connectivity index (χ2v) is 8.97. The highest BCUT2D eigenvalue weighted by Gasteiger charge is 2.32. The molecule has 168 valence electrons. The van der Waals surface area contributed by atoms with Crippen LogP contribution in [0.5, 0.6) is 11.5 Å². The highest BCUT2D eigenvalue weighted by molar-refractivity contribution is 5.95. The fourth-order valence-corrected chi connectivity index (χ4v) is 4.22. The van der Waals surface area contributed by atoms with E-state index in [1.54, 1.807) is 0 Å². The normalized spacial score (nSPS) is 20.8. The van der Waals surface area contributed by atoms with Crippen LogP contribution in [0.25, 0.3) is 10.9 Å². The Labute approximate surface area is 187 Å². The topological polar surface area (TPSA) is 84.6 Å². The molecule has 32 heavy (non-hydrogen) atoms. The zero-order chi connectivity index (χ0) is 22.0. The van der Waals surface area contributed by atoms with E-state index in [2.05, 4.69) is 22.5 Å². The first-order chi connectivity index (χ1) is 15.6. The van der Waals surface area contributed by atoms with Crippen molar-refractivity contribution in [3.05, 3.63) is 54.2 Å². The lowest BCUT2D eigenvalue weighted by Crippen LogP contribution is -2.49. The predicted molar refractivity (Wildman–Crippen MR) is 124 cm³/mol. The lowest BCUT2D eigenvalue weighted by Gasteiger charge is -2.36. The Hall–Kier alpha value is -3.19. The van der Waals surface area contributed by atoms with Crippen LogP contribution in [0.15, 0.2) is 48.7 Å². The number of aromatic amines is 1. The molecule has 1 fully saturated rings. The van der Waals surface area contributed by atoms with Gasteiger partial charge in [0, 0.05) is 42.4 Å². The quantitative estimate of drug-likeness (QED) is 0.546. The van der Waals surface area contributed by atoms with Crippen molar-refractivity contribution >= 4 is 22.5 Å². The van der Waals surface area contributed by atoms with Gasteiger partial charge in [0.1, 0.15) is 30.3 Å². The van der Waals surface area contributed by atoms with Crippen LogP contribution in [0, 0.1) is 5.92 Å². The number of anilines is 1. The molecule has 0 bridgehead atoms. The second kappa shape index (κ2) is 8.74. The van der Waals surface area contributed by atoms with Crippen LogP contribution < -0.4 is 20.1 Å². The summed E-state index contributed by atoms with van der Waals surface area (Å²) in [6.07, 6.45) is 3.91. The monoisotopic (exact) mass is 435 g/mol. The van der Waals surface area contributed by atoms with Crippen molar-refractivity contribution < 1.29 is 19.0 Å². The van der Waals surface area contributed by atoms with Crippen molar-refractivity contribution in [1.82, 2.24) is 10.3 Å². The molecule has 1 atom stereocenters. The average molecular weight is 436 g/mol. The third kappa shape index (κ3) is 4.53. The Bertz CT molecular complexity index is 1110. The molecule has 7 heteroatoms. The van der Waals surface area contributed by atoms with Crippen molar-refractivity contribution in [2.45, 2.75) is 25.3 Å². The second-order valence-electron chi connectivity index (χ2n) is 8.97. The van der Waals surface area contributed by atoms with Gasteiger partial charge in [-0.15, -0.1) is 0 Å². The molecule has 3 N–H and O–H groups in total. The summed E-state index contributed by atoms with van der Waals surface area (Å²) in [5.74, 6) is 1.98. The minimum absolute atomic E-state index is 0.0653. The van der Waals surface area contributed by atoms with Gasteiger partial charge >= 0.3 is 0 Å². The van der Waals surface area contributed by atoms with E-state index < -0.39 is 5.54 Å². The van der Waals surface area contributed by atoms with Crippen molar-refractivity contribution in [2.75, 3.05) is 38.3 Å². The van der Waals surface area contributed by atoms with Crippen LogP contribution in [0.3, 0.4) is 0 Å². The largest absolute Gasteiger partial charge is 0.491 e. The van der Waals surface area contributed by atoms with E-state index in [-0.39, 0.29) is 5.91 Å². The van der Waals surface area contributed by atoms with Crippen molar-refractivity contribution in [3.8, 4) is 11.5 Å². The Morgan fingerprint density at radius 1 is 1.19 bits per heavy atom. The molecule has 0 radical (unpaired) electrons. The molecule has 1 amide bonds. The first kappa shape index (κ1) is 20.7. The van der Waals surface area contributed by atoms with Gasteiger partial charge in [-0.3, -0.25) is 4.79 Å². The molecule has 7 nitrogen and oxygen atoms in total. The molecule has 0 spiro atoms. The van der Waals surface area contributed by atoms with Crippen LogP contribution in [0.4, 0.5) is 5.69 Å². The van der Waals surface area contributed by atoms with Crippen molar-refractivity contribution in [2.24, 2.45) is 5.92 Å². The molecule has 1 aromatic heterocycles. The van der Waals surface area contributed by atoms with Gasteiger partial charge in [0.25, 0.3) is 5.91 Å². The summed E-state index contributed by atoms with van der Waals surface area (Å²) in [5, 5.41) is 7.70.